The SMILES string of the molecule is CC/C=C\C/C=C\C/C=C\C/C=C\C/C=C\CCCCCCCCCCCCCCCCCC(=O)NC(COC1OC(CO)C(OC2OC(CO)C(OC3OC(CO)C(O)C(O)C3O)C(O)C2O)C(O)C1O)C(O)/C=C/CC/C=C/CC/C=C/CCCCCC. The Labute approximate surface area is 539 Å². The summed E-state index contributed by atoms with van der Waals surface area (Å²) in [6.07, 6.45) is 41.1. The van der Waals surface area contributed by atoms with E-state index in [4.69, 9.17) is 28.4 Å². The number of carbonyl (C=O) groups excluding carboxylic acids is 1. The molecule has 0 bridgehead atoms. The van der Waals surface area contributed by atoms with Gasteiger partial charge in [-0.2, -0.15) is 0 Å². The Balaban J connectivity index is 1.39. The molecule has 0 aromatic heterocycles. The highest BCUT2D eigenvalue weighted by Crippen LogP contribution is 2.33. The molecule has 17 atom stereocenters. The van der Waals surface area contributed by atoms with Crippen LogP contribution < -0.4 is 5.32 Å². The molecule has 0 aliphatic carbocycles. The molecule has 19 nitrogen and oxygen atoms in total. The zero-order chi connectivity index (χ0) is 65.4. The molecule has 19 heteroatoms. The van der Waals surface area contributed by atoms with Crippen molar-refractivity contribution in [3.8, 4) is 0 Å². The normalized spacial score (nSPS) is 28.7. The maximum atomic E-state index is 13.4. The van der Waals surface area contributed by atoms with Crippen molar-refractivity contribution < 1.29 is 89.4 Å². The fraction of sp³-hybridized carbons (Fsp3) is 0.761. The zero-order valence-corrected chi connectivity index (χ0v) is 54.6. The molecule has 3 aliphatic heterocycles. The Bertz CT molecular complexity index is 2010. The van der Waals surface area contributed by atoms with Gasteiger partial charge in [0.1, 0.15) is 73.2 Å². The molecule has 518 valence electrons. The molecule has 0 spiro atoms. The minimum atomic E-state index is -1.99. The number of aliphatic hydroxyl groups is 11. The molecule has 3 fully saturated rings. The van der Waals surface area contributed by atoms with Gasteiger partial charge in [-0.3, -0.25) is 4.79 Å². The van der Waals surface area contributed by atoms with E-state index in [2.05, 4.69) is 104 Å². The molecule has 90 heavy (non-hydrogen) atoms. The maximum Gasteiger partial charge on any atom is 0.220 e. The van der Waals surface area contributed by atoms with E-state index in [1.54, 1.807) is 6.08 Å². The molecule has 3 rings (SSSR count). The molecule has 3 saturated heterocycles. The third kappa shape index (κ3) is 33.7. The molecule has 1 amide bonds. The summed E-state index contributed by atoms with van der Waals surface area (Å²) in [4.78, 5) is 13.4. The van der Waals surface area contributed by atoms with Crippen molar-refractivity contribution in [2.24, 2.45) is 0 Å². The van der Waals surface area contributed by atoms with Gasteiger partial charge in [0.2, 0.25) is 5.91 Å². The number of hydrogen-bond acceptors (Lipinski definition) is 18. The van der Waals surface area contributed by atoms with E-state index in [1.807, 2.05) is 6.08 Å². The number of carbonyl (C=O) groups is 1. The smallest absolute Gasteiger partial charge is 0.220 e. The van der Waals surface area contributed by atoms with Gasteiger partial charge in [0.25, 0.3) is 0 Å². The van der Waals surface area contributed by atoms with Crippen molar-refractivity contribution >= 4 is 5.91 Å². The number of ether oxygens (including phenoxy) is 6. The predicted molar refractivity (Wildman–Crippen MR) is 351 cm³/mol. The fourth-order valence-electron chi connectivity index (χ4n) is 11.0. The van der Waals surface area contributed by atoms with Gasteiger partial charge in [-0.25, -0.2) is 0 Å². The highest BCUT2D eigenvalue weighted by atomic mass is 16.8. The van der Waals surface area contributed by atoms with Crippen molar-refractivity contribution in [3.63, 3.8) is 0 Å². The lowest BCUT2D eigenvalue weighted by Gasteiger charge is -2.48. The molecule has 0 saturated carbocycles. The van der Waals surface area contributed by atoms with Gasteiger partial charge >= 0.3 is 0 Å². The second kappa shape index (κ2) is 52.0. The summed E-state index contributed by atoms with van der Waals surface area (Å²) in [6.45, 7) is 1.55. The highest BCUT2D eigenvalue weighted by Gasteiger charge is 2.53. The van der Waals surface area contributed by atoms with Crippen molar-refractivity contribution in [2.75, 3.05) is 26.4 Å². The van der Waals surface area contributed by atoms with Crippen LogP contribution in [-0.2, 0) is 33.2 Å². The number of amides is 1. The number of rotatable bonds is 51. The van der Waals surface area contributed by atoms with Crippen LogP contribution in [0.1, 0.15) is 213 Å². The first kappa shape index (κ1) is 80.9. The van der Waals surface area contributed by atoms with Gasteiger partial charge < -0.3 is 89.9 Å². The molecule has 3 aliphatic rings. The Morgan fingerprint density at radius 2 is 0.778 bits per heavy atom. The van der Waals surface area contributed by atoms with Crippen LogP contribution in [0.4, 0.5) is 0 Å². The fourth-order valence-corrected chi connectivity index (χ4v) is 11.0. The molecule has 0 aromatic carbocycles. The summed E-state index contributed by atoms with van der Waals surface area (Å²) in [7, 11) is 0. The third-order valence-electron chi connectivity index (χ3n) is 16.6. The summed E-state index contributed by atoms with van der Waals surface area (Å²) in [5.74, 6) is -0.294. The summed E-state index contributed by atoms with van der Waals surface area (Å²) >= 11 is 0. The molecule has 0 aromatic rings. The third-order valence-corrected chi connectivity index (χ3v) is 16.6. The maximum absolute atomic E-state index is 13.4. The molecule has 3 heterocycles. The summed E-state index contributed by atoms with van der Waals surface area (Å²) in [5.41, 5.74) is 0. The zero-order valence-electron chi connectivity index (χ0n) is 54.6. The lowest BCUT2D eigenvalue weighted by Crippen LogP contribution is -2.66. The Hall–Kier alpha value is -3.29. The molecule has 12 N–H and O–H groups in total. The summed E-state index contributed by atoms with van der Waals surface area (Å²) in [6, 6.07) is -1.00. The van der Waals surface area contributed by atoms with Gasteiger partial charge in [-0.1, -0.05) is 214 Å². The van der Waals surface area contributed by atoms with Gasteiger partial charge in [0, 0.05) is 6.42 Å². The van der Waals surface area contributed by atoms with Crippen molar-refractivity contribution in [1.82, 2.24) is 5.32 Å². The lowest BCUT2D eigenvalue weighted by atomic mass is 9.96. The van der Waals surface area contributed by atoms with E-state index < -0.39 is 124 Å². The number of aliphatic hydroxyl groups excluding tert-OH is 11. The Kier molecular flexibility index (Phi) is 46.8. The second-order valence-electron chi connectivity index (χ2n) is 24.2. The van der Waals surface area contributed by atoms with Crippen LogP contribution in [-0.4, -0.2) is 193 Å². The number of unbranched alkanes of at least 4 members (excludes halogenated alkanes) is 21. The van der Waals surface area contributed by atoms with Crippen LogP contribution in [0.2, 0.25) is 0 Å². The Morgan fingerprint density at radius 1 is 0.411 bits per heavy atom. The van der Waals surface area contributed by atoms with Crippen LogP contribution in [0.5, 0.6) is 0 Å². The minimum Gasteiger partial charge on any atom is -0.394 e. The summed E-state index contributed by atoms with van der Waals surface area (Å²) < 4.78 is 34.3. The average molecular weight is 1280 g/mol. The first-order valence-corrected chi connectivity index (χ1v) is 34.5. The van der Waals surface area contributed by atoms with Gasteiger partial charge in [0.05, 0.1) is 38.6 Å². The van der Waals surface area contributed by atoms with Gasteiger partial charge in [-0.05, 0) is 89.9 Å². The highest BCUT2D eigenvalue weighted by molar-refractivity contribution is 5.76. The minimum absolute atomic E-state index is 0.227. The second-order valence-corrected chi connectivity index (χ2v) is 24.2. The van der Waals surface area contributed by atoms with Crippen LogP contribution in [0.25, 0.3) is 0 Å². The Morgan fingerprint density at radius 3 is 1.24 bits per heavy atom. The van der Waals surface area contributed by atoms with E-state index in [-0.39, 0.29) is 18.9 Å². The number of nitrogens with one attached hydrogen (secondary N) is 1. The van der Waals surface area contributed by atoms with Crippen LogP contribution in [0, 0.1) is 0 Å². The summed E-state index contributed by atoms with van der Waals surface area (Å²) in [5, 5.41) is 120. The average Bonchev–Trinajstić information content (AvgIpc) is 0.908. The van der Waals surface area contributed by atoms with E-state index in [0.717, 1.165) is 83.5 Å². The van der Waals surface area contributed by atoms with Gasteiger partial charge in [-0.15, -0.1) is 0 Å². The van der Waals surface area contributed by atoms with Crippen LogP contribution in [0.3, 0.4) is 0 Å². The van der Waals surface area contributed by atoms with E-state index in [0.29, 0.717) is 12.8 Å². The van der Waals surface area contributed by atoms with Crippen molar-refractivity contribution in [3.05, 3.63) is 97.2 Å². The van der Waals surface area contributed by atoms with Gasteiger partial charge in [0.15, 0.2) is 18.9 Å². The van der Waals surface area contributed by atoms with Crippen LogP contribution in [0.15, 0.2) is 97.2 Å². The lowest BCUT2D eigenvalue weighted by molar-refractivity contribution is -0.379. The standard InChI is InChI=1S/C71H121NO18/c1-3-5-7-9-11-13-15-17-19-20-21-22-23-24-25-26-27-28-29-30-31-32-33-34-35-37-39-41-43-45-47-49-59(77)72-54(55(76)48-46-44-42-40-38-36-18-16-14-12-10-8-6-4-2)53-85-69-65(83)62(80)67(57(51-74)87-69)90-71-66(84)63(81)68(58(52-75)88-71)89-70-64(82)61(79)60(78)56(50-73)86-70/h5,7,11,13-14,16-17,19,21-22,24-25,38,40,46,48,54-58,60-71,73-76,78-84H,3-4,6,8-10,12,15,18,20,23,26-37,39,41-45,47,49-53H2,1-2H3,(H,72,77)/b7-5-,13-11-,16-14+,19-17-,22-21-,25-24-,40-38+,48-46+. The molecular formula is C71H121NO18. The number of allylic oxidation sites excluding steroid dienone is 15. The topological polar surface area (TPSA) is 307 Å². The largest absolute Gasteiger partial charge is 0.394 e. The predicted octanol–water partition coefficient (Wildman–Crippen LogP) is 8.88. The van der Waals surface area contributed by atoms with Crippen molar-refractivity contribution in [2.45, 2.75) is 317 Å². The number of hydrogen-bond donors (Lipinski definition) is 12. The van der Waals surface area contributed by atoms with E-state index >= 15 is 0 Å². The van der Waals surface area contributed by atoms with Crippen molar-refractivity contribution in [1.29, 1.82) is 0 Å². The van der Waals surface area contributed by atoms with E-state index in [1.165, 1.54) is 96.3 Å². The van der Waals surface area contributed by atoms with Crippen LogP contribution >= 0.6 is 0 Å². The monoisotopic (exact) mass is 1280 g/mol. The first-order chi connectivity index (χ1) is 43.8. The molecule has 17 unspecified atom stereocenters. The van der Waals surface area contributed by atoms with E-state index in [9.17, 15) is 61.0 Å². The molecule has 0 radical (unpaired) electrons. The quantitative estimate of drug-likeness (QED) is 0.0200. The first-order valence-electron chi connectivity index (χ1n) is 34.5. The molecular weight excluding hydrogens is 1150 g/mol.